The number of benzene rings is 2. The lowest BCUT2D eigenvalue weighted by molar-refractivity contribution is 0.0911. The van der Waals surface area contributed by atoms with E-state index in [1.54, 1.807) is 49.4 Å². The zero-order chi connectivity index (χ0) is 20.1. The third-order valence-electron chi connectivity index (χ3n) is 3.93. The van der Waals surface area contributed by atoms with Gasteiger partial charge in [0.25, 0.3) is 15.9 Å². The van der Waals surface area contributed by atoms with Crippen molar-refractivity contribution in [3.05, 3.63) is 76.8 Å². The van der Waals surface area contributed by atoms with Gasteiger partial charge >= 0.3 is 0 Å². The molecule has 0 saturated carbocycles. The zero-order valence-corrected chi connectivity index (χ0v) is 16.6. The summed E-state index contributed by atoms with van der Waals surface area (Å²) in [4.78, 5) is 17.2. The molecule has 9 heteroatoms. The number of aromatic nitrogens is 1. The molecule has 3 N–H and O–H groups in total. The summed E-state index contributed by atoms with van der Waals surface area (Å²) in [7, 11) is -3.78. The van der Waals surface area contributed by atoms with E-state index in [0.717, 1.165) is 11.3 Å². The van der Waals surface area contributed by atoms with Crippen molar-refractivity contribution in [1.29, 1.82) is 0 Å². The SMILES string of the molecule is Cc1sc(NS(=O)(=O)c2ccccc2)nc1C(=O)NC[C@H](O)c1ccccc1. The number of rotatable bonds is 7. The molecule has 1 heterocycles. The largest absolute Gasteiger partial charge is 0.387 e. The second-order valence-corrected chi connectivity index (χ2v) is 8.86. The summed E-state index contributed by atoms with van der Waals surface area (Å²) >= 11 is 1.07. The highest BCUT2D eigenvalue weighted by Crippen LogP contribution is 2.25. The average Bonchev–Trinajstić information content (AvgIpc) is 3.06. The maximum atomic E-state index is 12.4. The normalized spacial score (nSPS) is 12.4. The first kappa shape index (κ1) is 20.0. The number of nitrogens with zero attached hydrogens (tertiary/aromatic N) is 1. The molecule has 0 aliphatic rings. The molecule has 146 valence electrons. The van der Waals surface area contributed by atoms with E-state index < -0.39 is 22.0 Å². The van der Waals surface area contributed by atoms with Crippen molar-refractivity contribution in [3.63, 3.8) is 0 Å². The summed E-state index contributed by atoms with van der Waals surface area (Å²) in [5.74, 6) is -0.478. The van der Waals surface area contributed by atoms with Crippen LogP contribution in [-0.2, 0) is 10.0 Å². The molecule has 0 bridgehead atoms. The number of nitrogens with one attached hydrogen (secondary N) is 2. The van der Waals surface area contributed by atoms with Crippen molar-refractivity contribution in [2.75, 3.05) is 11.3 Å². The summed E-state index contributed by atoms with van der Waals surface area (Å²) < 4.78 is 27.2. The van der Waals surface area contributed by atoms with Crippen molar-refractivity contribution in [2.45, 2.75) is 17.9 Å². The number of hydrogen-bond acceptors (Lipinski definition) is 6. The predicted molar refractivity (Wildman–Crippen MR) is 108 cm³/mol. The Balaban J connectivity index is 1.67. The molecule has 28 heavy (non-hydrogen) atoms. The van der Waals surface area contributed by atoms with E-state index >= 15 is 0 Å². The number of thiazole rings is 1. The van der Waals surface area contributed by atoms with Crippen molar-refractivity contribution >= 4 is 32.4 Å². The zero-order valence-electron chi connectivity index (χ0n) is 15.0. The van der Waals surface area contributed by atoms with Crippen molar-refractivity contribution in [1.82, 2.24) is 10.3 Å². The molecule has 1 aromatic heterocycles. The number of anilines is 1. The lowest BCUT2D eigenvalue weighted by Crippen LogP contribution is -2.29. The third-order valence-corrected chi connectivity index (χ3v) is 6.30. The minimum absolute atomic E-state index is 0.0187. The number of carbonyl (C=O) groups excluding carboxylic acids is 1. The van der Waals surface area contributed by atoms with Gasteiger partial charge in [0.05, 0.1) is 11.0 Å². The molecule has 0 radical (unpaired) electrons. The Bertz CT molecular complexity index is 1050. The van der Waals surface area contributed by atoms with E-state index in [4.69, 9.17) is 0 Å². The van der Waals surface area contributed by atoms with Gasteiger partial charge in [-0.2, -0.15) is 0 Å². The van der Waals surface area contributed by atoms with Crippen molar-refractivity contribution < 1.29 is 18.3 Å². The molecule has 3 aromatic rings. The summed E-state index contributed by atoms with van der Waals surface area (Å²) in [6, 6.07) is 16.9. The van der Waals surface area contributed by atoms with E-state index in [0.29, 0.717) is 10.4 Å². The fourth-order valence-corrected chi connectivity index (χ4v) is 4.56. The summed E-state index contributed by atoms with van der Waals surface area (Å²) in [5.41, 5.74) is 0.810. The number of carbonyl (C=O) groups is 1. The summed E-state index contributed by atoms with van der Waals surface area (Å²) in [6.07, 6.45) is -0.847. The van der Waals surface area contributed by atoms with E-state index in [-0.39, 0.29) is 22.3 Å². The first-order valence-electron chi connectivity index (χ1n) is 8.43. The van der Waals surface area contributed by atoms with Crippen LogP contribution in [0.5, 0.6) is 0 Å². The van der Waals surface area contributed by atoms with E-state index in [9.17, 15) is 18.3 Å². The predicted octanol–water partition coefficient (Wildman–Crippen LogP) is 2.72. The van der Waals surface area contributed by atoms with Gasteiger partial charge in [0, 0.05) is 11.4 Å². The van der Waals surface area contributed by atoms with Crippen LogP contribution in [0.4, 0.5) is 5.13 Å². The third kappa shape index (κ3) is 4.75. The van der Waals surface area contributed by atoms with Crippen LogP contribution in [0, 0.1) is 6.92 Å². The van der Waals surface area contributed by atoms with Gasteiger partial charge in [-0.1, -0.05) is 48.5 Å². The summed E-state index contributed by atoms with van der Waals surface area (Å²) in [6.45, 7) is 1.70. The van der Waals surface area contributed by atoms with Gasteiger partial charge in [0.15, 0.2) is 5.13 Å². The lowest BCUT2D eigenvalue weighted by atomic mass is 10.1. The monoisotopic (exact) mass is 417 g/mol. The average molecular weight is 418 g/mol. The second-order valence-electron chi connectivity index (χ2n) is 5.98. The standard InChI is InChI=1S/C19H19N3O4S2/c1-13-17(18(24)20-12-16(23)14-8-4-2-5-9-14)21-19(27-13)22-28(25,26)15-10-6-3-7-11-15/h2-11,16,23H,12H2,1H3,(H,20,24)(H,21,22)/t16-/m0/s1. The van der Waals surface area contributed by atoms with Gasteiger partial charge in [-0.25, -0.2) is 13.4 Å². The highest BCUT2D eigenvalue weighted by atomic mass is 32.2. The lowest BCUT2D eigenvalue weighted by Gasteiger charge is -2.11. The number of aliphatic hydroxyl groups is 1. The molecule has 3 rings (SSSR count). The summed E-state index contributed by atoms with van der Waals surface area (Å²) in [5, 5.41) is 12.9. The molecule has 0 unspecified atom stereocenters. The van der Waals surface area contributed by atoms with E-state index in [1.807, 2.05) is 6.07 Å². The molecule has 0 saturated heterocycles. The molecule has 0 fully saturated rings. The Hall–Kier alpha value is -2.75. The molecular weight excluding hydrogens is 398 g/mol. The minimum atomic E-state index is -3.78. The van der Waals surface area contributed by atoms with Crippen LogP contribution in [-0.4, -0.2) is 31.0 Å². The van der Waals surface area contributed by atoms with Crippen molar-refractivity contribution in [3.8, 4) is 0 Å². The molecule has 0 aliphatic carbocycles. The second kappa shape index (κ2) is 8.51. The molecule has 0 spiro atoms. The fraction of sp³-hybridized carbons (Fsp3) is 0.158. The van der Waals surface area contributed by atoms with Crippen LogP contribution in [0.1, 0.15) is 27.0 Å². The van der Waals surface area contributed by atoms with Crippen LogP contribution < -0.4 is 10.0 Å². The topological polar surface area (TPSA) is 108 Å². The Morgan fingerprint density at radius 3 is 2.36 bits per heavy atom. The number of sulfonamides is 1. The molecule has 2 aromatic carbocycles. The quantitative estimate of drug-likeness (QED) is 0.548. The number of amides is 1. The van der Waals surface area contributed by atoms with Gasteiger partial charge in [0.2, 0.25) is 0 Å². The molecular formula is C19H19N3O4S2. The minimum Gasteiger partial charge on any atom is -0.387 e. The molecule has 1 atom stereocenters. The molecule has 0 aliphatic heterocycles. The van der Waals surface area contributed by atoms with Gasteiger partial charge < -0.3 is 10.4 Å². The van der Waals surface area contributed by atoms with Crippen LogP contribution in [0.3, 0.4) is 0 Å². The van der Waals surface area contributed by atoms with Crippen LogP contribution >= 0.6 is 11.3 Å². The Morgan fingerprint density at radius 1 is 1.11 bits per heavy atom. The number of hydrogen-bond donors (Lipinski definition) is 3. The Kier molecular flexibility index (Phi) is 6.08. The smallest absolute Gasteiger partial charge is 0.271 e. The van der Waals surface area contributed by atoms with E-state index in [2.05, 4.69) is 15.0 Å². The Morgan fingerprint density at radius 2 is 1.71 bits per heavy atom. The fourth-order valence-electron chi connectivity index (χ4n) is 2.49. The van der Waals surface area contributed by atoms with Gasteiger partial charge in [0.1, 0.15) is 5.69 Å². The van der Waals surface area contributed by atoms with Gasteiger partial charge in [-0.05, 0) is 24.6 Å². The van der Waals surface area contributed by atoms with Gasteiger partial charge in [-0.15, -0.1) is 11.3 Å². The number of aliphatic hydroxyl groups excluding tert-OH is 1. The maximum absolute atomic E-state index is 12.4. The van der Waals surface area contributed by atoms with Crippen LogP contribution in [0.25, 0.3) is 0 Å². The van der Waals surface area contributed by atoms with Gasteiger partial charge in [-0.3, -0.25) is 9.52 Å². The van der Waals surface area contributed by atoms with Crippen LogP contribution in [0.2, 0.25) is 0 Å². The molecule has 1 amide bonds. The highest BCUT2D eigenvalue weighted by molar-refractivity contribution is 7.93. The van der Waals surface area contributed by atoms with Crippen molar-refractivity contribution in [2.24, 2.45) is 0 Å². The first-order chi connectivity index (χ1) is 13.4. The van der Waals surface area contributed by atoms with Crippen LogP contribution in [0.15, 0.2) is 65.6 Å². The first-order valence-corrected chi connectivity index (χ1v) is 10.7. The van der Waals surface area contributed by atoms with E-state index in [1.165, 1.54) is 12.1 Å². The number of aryl methyl sites for hydroxylation is 1. The highest BCUT2D eigenvalue weighted by Gasteiger charge is 2.20. The maximum Gasteiger partial charge on any atom is 0.271 e. The Labute approximate surface area is 167 Å². The molecule has 7 nitrogen and oxygen atoms in total.